The molecular formula is C27H27ClFN7OS. The molecule has 8 nitrogen and oxygen atoms in total. The Bertz CT molecular complexity index is 1500. The first-order valence-corrected chi connectivity index (χ1v) is 13.4. The smallest absolute Gasteiger partial charge is 0.172 e. The molecule has 4 aromatic rings. The standard InChI is InChI=1S/C27H27ClFN7OS/c1-34-7-9-36(10-8-34)11-12-37-24-14-20-23(15-22(24)29)32-17-18(16-30)26(20)33-19-3-4-25(21(28)13-19)38-27-31-5-6-35(27)2/h3-6,13-15,17H,7-12H2,1-2H3,(H,32,33). The molecule has 1 N–H and O–H groups in total. The van der Waals surface area contributed by atoms with Crippen molar-refractivity contribution in [2.45, 2.75) is 10.1 Å². The van der Waals surface area contributed by atoms with Crippen LogP contribution >= 0.6 is 23.4 Å². The number of halogens is 2. The lowest BCUT2D eigenvalue weighted by molar-refractivity contribution is 0.132. The second-order valence-corrected chi connectivity index (χ2v) is 10.6. The van der Waals surface area contributed by atoms with Crippen molar-refractivity contribution < 1.29 is 9.13 Å². The summed E-state index contributed by atoms with van der Waals surface area (Å²) in [6, 6.07) is 10.7. The van der Waals surface area contributed by atoms with Gasteiger partial charge in [0.1, 0.15) is 12.7 Å². The number of hydrogen-bond acceptors (Lipinski definition) is 8. The SMILES string of the molecule is CN1CCN(CCOc2cc3c(Nc4ccc(Sc5nccn5C)c(Cl)c4)c(C#N)cnc3cc2F)CC1. The summed E-state index contributed by atoms with van der Waals surface area (Å²) in [4.78, 5) is 14.1. The van der Waals surface area contributed by atoms with E-state index in [9.17, 15) is 9.65 Å². The Labute approximate surface area is 230 Å². The number of aromatic nitrogens is 3. The molecule has 1 aliphatic heterocycles. The van der Waals surface area contributed by atoms with Gasteiger partial charge in [-0.1, -0.05) is 23.4 Å². The number of hydrogen-bond donors (Lipinski definition) is 1. The molecular weight excluding hydrogens is 525 g/mol. The lowest BCUT2D eigenvalue weighted by Crippen LogP contribution is -2.45. The Morgan fingerprint density at radius 2 is 1.97 bits per heavy atom. The van der Waals surface area contributed by atoms with Crippen molar-refractivity contribution in [1.29, 1.82) is 5.26 Å². The molecule has 1 aliphatic rings. The van der Waals surface area contributed by atoms with Crippen molar-refractivity contribution in [1.82, 2.24) is 24.3 Å². The fourth-order valence-corrected chi connectivity index (χ4v) is 5.34. The highest BCUT2D eigenvalue weighted by molar-refractivity contribution is 7.99. The molecule has 0 atom stereocenters. The lowest BCUT2D eigenvalue weighted by Gasteiger charge is -2.32. The Morgan fingerprint density at radius 3 is 2.68 bits per heavy atom. The molecule has 2 aromatic heterocycles. The maximum atomic E-state index is 14.9. The van der Waals surface area contributed by atoms with Crippen LogP contribution in [0.4, 0.5) is 15.8 Å². The van der Waals surface area contributed by atoms with Gasteiger partial charge in [-0.15, -0.1) is 0 Å². The van der Waals surface area contributed by atoms with Crippen molar-refractivity contribution in [2.75, 3.05) is 51.7 Å². The molecule has 0 spiro atoms. The summed E-state index contributed by atoms with van der Waals surface area (Å²) in [6.07, 6.45) is 5.04. The minimum Gasteiger partial charge on any atom is -0.489 e. The van der Waals surface area contributed by atoms with Gasteiger partial charge in [0.15, 0.2) is 16.7 Å². The Kier molecular flexibility index (Phi) is 8.00. The van der Waals surface area contributed by atoms with Crippen molar-refractivity contribution in [2.24, 2.45) is 7.05 Å². The van der Waals surface area contributed by atoms with Crippen molar-refractivity contribution in [3.8, 4) is 11.8 Å². The van der Waals surface area contributed by atoms with Crippen LogP contribution in [0.1, 0.15) is 5.56 Å². The van der Waals surface area contributed by atoms with E-state index in [4.69, 9.17) is 16.3 Å². The normalized spacial score (nSPS) is 14.5. The van der Waals surface area contributed by atoms with E-state index in [2.05, 4.69) is 38.2 Å². The van der Waals surface area contributed by atoms with E-state index < -0.39 is 5.82 Å². The van der Waals surface area contributed by atoms with Crippen molar-refractivity contribution in [3.05, 3.63) is 65.3 Å². The second kappa shape index (κ2) is 11.6. The van der Waals surface area contributed by atoms with E-state index >= 15 is 0 Å². The third kappa shape index (κ3) is 5.87. The third-order valence-corrected chi connectivity index (χ3v) is 8.06. The number of benzene rings is 2. The zero-order chi connectivity index (χ0) is 26.6. The number of nitriles is 1. The van der Waals surface area contributed by atoms with Crippen LogP contribution < -0.4 is 10.1 Å². The Balaban J connectivity index is 1.37. The van der Waals surface area contributed by atoms with Crippen LogP contribution in [0.15, 0.2) is 59.0 Å². The molecule has 2 aromatic carbocycles. The minimum absolute atomic E-state index is 0.131. The number of anilines is 2. The van der Waals surface area contributed by atoms with E-state index in [0.29, 0.717) is 46.0 Å². The summed E-state index contributed by atoms with van der Waals surface area (Å²) in [5, 5.41) is 15.0. The van der Waals surface area contributed by atoms with Gasteiger partial charge < -0.3 is 19.5 Å². The topological polar surface area (TPSA) is 82.2 Å². The molecule has 0 amide bonds. The van der Waals surface area contributed by atoms with Crippen LogP contribution in [0.3, 0.4) is 0 Å². The predicted octanol–water partition coefficient (Wildman–Crippen LogP) is 5.15. The first kappa shape index (κ1) is 26.3. The van der Waals surface area contributed by atoms with Gasteiger partial charge in [-0.25, -0.2) is 9.37 Å². The molecule has 11 heteroatoms. The molecule has 0 saturated carbocycles. The number of ether oxygens (including phenoxy) is 1. The molecule has 0 radical (unpaired) electrons. The lowest BCUT2D eigenvalue weighted by atomic mass is 10.1. The average Bonchev–Trinajstić information content (AvgIpc) is 3.31. The number of likely N-dealkylation sites (N-methyl/N-ethyl adjacent to an activating group) is 1. The number of aryl methyl sites for hydroxylation is 1. The number of pyridine rings is 1. The summed E-state index contributed by atoms with van der Waals surface area (Å²) < 4.78 is 22.6. The van der Waals surface area contributed by atoms with E-state index in [-0.39, 0.29) is 5.75 Å². The maximum Gasteiger partial charge on any atom is 0.172 e. The highest BCUT2D eigenvalue weighted by atomic mass is 35.5. The van der Waals surface area contributed by atoms with Crippen LogP contribution in [0.5, 0.6) is 5.75 Å². The fourth-order valence-electron chi connectivity index (χ4n) is 4.23. The summed E-state index contributed by atoms with van der Waals surface area (Å²) in [6.45, 7) is 5.03. The molecule has 0 bridgehead atoms. The second-order valence-electron chi connectivity index (χ2n) is 9.14. The zero-order valence-electron chi connectivity index (χ0n) is 21.1. The summed E-state index contributed by atoms with van der Waals surface area (Å²) >= 11 is 8.04. The molecule has 38 heavy (non-hydrogen) atoms. The van der Waals surface area contributed by atoms with Gasteiger partial charge >= 0.3 is 0 Å². The van der Waals surface area contributed by atoms with Crippen LogP contribution in [-0.2, 0) is 7.05 Å². The van der Waals surface area contributed by atoms with E-state index in [0.717, 1.165) is 36.2 Å². The van der Waals surface area contributed by atoms with Gasteiger partial charge in [0.25, 0.3) is 0 Å². The zero-order valence-corrected chi connectivity index (χ0v) is 22.7. The number of imidazole rings is 1. The highest BCUT2D eigenvalue weighted by Gasteiger charge is 2.17. The molecule has 196 valence electrons. The van der Waals surface area contributed by atoms with Crippen LogP contribution in [0.25, 0.3) is 10.9 Å². The highest BCUT2D eigenvalue weighted by Crippen LogP contribution is 2.37. The van der Waals surface area contributed by atoms with E-state index in [1.165, 1.54) is 24.0 Å². The van der Waals surface area contributed by atoms with Crippen molar-refractivity contribution >= 4 is 45.6 Å². The minimum atomic E-state index is -0.488. The number of fused-ring (bicyclic) bond motifs is 1. The number of nitrogens with zero attached hydrogens (tertiary/aromatic N) is 6. The number of nitrogens with one attached hydrogen (secondary N) is 1. The van der Waals surface area contributed by atoms with Gasteiger partial charge in [-0.05, 0) is 31.3 Å². The van der Waals surface area contributed by atoms with Gasteiger partial charge in [-0.2, -0.15) is 5.26 Å². The summed E-state index contributed by atoms with van der Waals surface area (Å²) in [7, 11) is 4.03. The van der Waals surface area contributed by atoms with Gasteiger partial charge in [0.05, 0.1) is 21.8 Å². The molecule has 0 unspecified atom stereocenters. The summed E-state index contributed by atoms with van der Waals surface area (Å²) in [5.41, 5.74) is 1.95. The molecule has 3 heterocycles. The van der Waals surface area contributed by atoms with E-state index in [1.807, 2.05) is 29.9 Å². The molecule has 5 rings (SSSR count). The Hall–Kier alpha value is -3.36. The first-order valence-electron chi connectivity index (χ1n) is 12.2. The molecule has 0 aliphatic carbocycles. The quantitative estimate of drug-likeness (QED) is 0.322. The summed E-state index contributed by atoms with van der Waals surface area (Å²) in [5.74, 6) is -0.357. The average molecular weight is 552 g/mol. The molecule has 1 fully saturated rings. The van der Waals surface area contributed by atoms with Gasteiger partial charge in [-0.3, -0.25) is 9.88 Å². The van der Waals surface area contributed by atoms with Crippen LogP contribution in [0.2, 0.25) is 5.02 Å². The monoisotopic (exact) mass is 551 g/mol. The largest absolute Gasteiger partial charge is 0.489 e. The van der Waals surface area contributed by atoms with Crippen LogP contribution in [0, 0.1) is 17.1 Å². The third-order valence-electron chi connectivity index (χ3n) is 6.48. The first-order chi connectivity index (χ1) is 18.4. The van der Waals surface area contributed by atoms with Crippen molar-refractivity contribution in [3.63, 3.8) is 0 Å². The predicted molar refractivity (Wildman–Crippen MR) is 148 cm³/mol. The number of rotatable bonds is 8. The van der Waals surface area contributed by atoms with Crippen LogP contribution in [-0.4, -0.2) is 70.7 Å². The van der Waals surface area contributed by atoms with Gasteiger partial charge in [0.2, 0.25) is 0 Å². The van der Waals surface area contributed by atoms with E-state index in [1.54, 1.807) is 18.3 Å². The maximum absolute atomic E-state index is 14.9. The van der Waals surface area contributed by atoms with Gasteiger partial charge in [0, 0.05) is 80.4 Å². The Morgan fingerprint density at radius 1 is 1.16 bits per heavy atom. The molecule has 1 saturated heterocycles. The number of piperazine rings is 1. The fraction of sp³-hybridized carbons (Fsp3) is 0.296.